The average Bonchev–Trinajstić information content (AvgIpc) is 3.16. The van der Waals surface area contributed by atoms with E-state index in [0.29, 0.717) is 24.6 Å². The fourth-order valence-corrected chi connectivity index (χ4v) is 6.55. The minimum absolute atomic E-state index is 0.00692. The van der Waals surface area contributed by atoms with Crippen LogP contribution in [-0.4, -0.2) is 49.7 Å². The molecule has 152 valence electrons. The van der Waals surface area contributed by atoms with Crippen LogP contribution in [0.3, 0.4) is 0 Å². The zero-order valence-electron chi connectivity index (χ0n) is 16.3. The Labute approximate surface area is 175 Å². The number of carbonyl (C=O) groups is 1. The molecule has 1 atom stereocenters. The van der Waals surface area contributed by atoms with Crippen LogP contribution in [0.1, 0.15) is 39.0 Å². The van der Waals surface area contributed by atoms with Crippen LogP contribution in [0.2, 0.25) is 0 Å². The predicted molar refractivity (Wildman–Crippen MR) is 111 cm³/mol. The minimum Gasteiger partial charge on any atom is -0.335 e. The normalized spacial score (nSPS) is 20.1. The van der Waals surface area contributed by atoms with E-state index >= 15 is 0 Å². The third-order valence-electron chi connectivity index (χ3n) is 5.69. The number of nitrogens with zero attached hydrogens (tertiary/aromatic N) is 3. The maximum absolute atomic E-state index is 12.9. The van der Waals surface area contributed by atoms with Crippen molar-refractivity contribution in [1.29, 1.82) is 5.26 Å². The average molecular weight is 430 g/mol. The molecule has 0 bridgehead atoms. The van der Waals surface area contributed by atoms with Crippen molar-refractivity contribution in [3.05, 3.63) is 51.2 Å². The molecule has 1 aliphatic heterocycles. The highest BCUT2D eigenvalue weighted by Gasteiger charge is 2.31. The van der Waals surface area contributed by atoms with E-state index < -0.39 is 10.0 Å². The number of carbonyl (C=O) groups excluding carboxylic acids is 1. The van der Waals surface area contributed by atoms with Crippen LogP contribution in [0.15, 0.2) is 35.2 Å². The van der Waals surface area contributed by atoms with Gasteiger partial charge in [0.25, 0.3) is 5.91 Å². The van der Waals surface area contributed by atoms with E-state index in [1.165, 1.54) is 45.4 Å². The molecule has 1 fully saturated rings. The number of fused-ring (bicyclic) bond motifs is 1. The van der Waals surface area contributed by atoms with Crippen LogP contribution in [0.25, 0.3) is 0 Å². The second kappa shape index (κ2) is 7.90. The molecule has 4 rings (SSSR count). The molecule has 2 aromatic rings. The summed E-state index contributed by atoms with van der Waals surface area (Å²) in [5, 5.41) is 8.88. The van der Waals surface area contributed by atoms with Gasteiger partial charge in [0.05, 0.1) is 21.4 Å². The first kappa shape index (κ1) is 20.1. The van der Waals surface area contributed by atoms with Gasteiger partial charge in [0.2, 0.25) is 10.0 Å². The van der Waals surface area contributed by atoms with E-state index in [4.69, 9.17) is 5.26 Å². The Bertz CT molecular complexity index is 1060. The van der Waals surface area contributed by atoms with Gasteiger partial charge in [-0.05, 0) is 61.1 Å². The van der Waals surface area contributed by atoms with E-state index in [2.05, 4.69) is 6.92 Å². The van der Waals surface area contributed by atoms with Gasteiger partial charge in [0.15, 0.2) is 0 Å². The van der Waals surface area contributed by atoms with E-state index in [0.717, 1.165) is 17.7 Å². The summed E-state index contributed by atoms with van der Waals surface area (Å²) >= 11 is 1.60. The molecule has 1 unspecified atom stereocenters. The number of benzene rings is 1. The second-order valence-corrected chi connectivity index (χ2v) is 10.8. The molecular weight excluding hydrogens is 406 g/mol. The molecule has 1 amide bonds. The number of hydrogen-bond donors (Lipinski definition) is 0. The van der Waals surface area contributed by atoms with Gasteiger partial charge in [0.1, 0.15) is 0 Å². The molecule has 8 heteroatoms. The molecule has 0 spiro atoms. The molecule has 29 heavy (non-hydrogen) atoms. The maximum atomic E-state index is 12.9. The highest BCUT2D eigenvalue weighted by atomic mass is 32.2. The number of amides is 1. The number of rotatable bonds is 3. The first-order valence-corrected chi connectivity index (χ1v) is 12.1. The summed E-state index contributed by atoms with van der Waals surface area (Å²) in [6, 6.07) is 9.96. The number of nitriles is 1. The van der Waals surface area contributed by atoms with Gasteiger partial charge in [-0.25, -0.2) is 8.42 Å². The second-order valence-electron chi connectivity index (χ2n) is 7.74. The van der Waals surface area contributed by atoms with Crippen LogP contribution >= 0.6 is 11.3 Å². The van der Waals surface area contributed by atoms with Crippen LogP contribution in [0.4, 0.5) is 0 Å². The molecule has 1 aromatic carbocycles. The Kier molecular flexibility index (Phi) is 5.47. The molecule has 1 aromatic heterocycles. The maximum Gasteiger partial charge on any atom is 0.264 e. The molecule has 1 aliphatic carbocycles. The summed E-state index contributed by atoms with van der Waals surface area (Å²) in [6.45, 7) is 3.56. The van der Waals surface area contributed by atoms with E-state index in [1.54, 1.807) is 16.2 Å². The van der Waals surface area contributed by atoms with E-state index in [-0.39, 0.29) is 23.9 Å². The highest BCUT2D eigenvalue weighted by Crippen LogP contribution is 2.33. The quantitative estimate of drug-likeness (QED) is 0.751. The zero-order valence-corrected chi connectivity index (χ0v) is 17.9. The van der Waals surface area contributed by atoms with Crippen molar-refractivity contribution in [2.24, 2.45) is 5.92 Å². The first-order chi connectivity index (χ1) is 13.9. The molecule has 2 heterocycles. The lowest BCUT2D eigenvalue weighted by molar-refractivity contribution is 0.0702. The summed E-state index contributed by atoms with van der Waals surface area (Å²) in [5.41, 5.74) is 1.73. The molecule has 2 aliphatic rings. The molecule has 6 nitrogen and oxygen atoms in total. The molecule has 1 saturated heterocycles. The lowest BCUT2D eigenvalue weighted by Gasteiger charge is -2.33. The Morgan fingerprint density at radius 2 is 1.86 bits per heavy atom. The van der Waals surface area contributed by atoms with Crippen molar-refractivity contribution in [2.45, 2.75) is 31.1 Å². The summed E-state index contributed by atoms with van der Waals surface area (Å²) in [6.07, 6.45) is 3.26. The van der Waals surface area contributed by atoms with Gasteiger partial charge in [0, 0.05) is 31.1 Å². The zero-order chi connectivity index (χ0) is 20.6. The SMILES string of the molecule is CC1CCc2sc(C(=O)N3CCN(S(=O)(=O)c4ccc(C#N)cc4)CC3)cc2C1. The van der Waals surface area contributed by atoms with E-state index in [1.807, 2.05) is 12.1 Å². The fourth-order valence-electron chi connectivity index (χ4n) is 3.95. The molecule has 0 saturated carbocycles. The van der Waals surface area contributed by atoms with E-state index in [9.17, 15) is 13.2 Å². The summed E-state index contributed by atoms with van der Waals surface area (Å²) in [4.78, 5) is 17.0. The summed E-state index contributed by atoms with van der Waals surface area (Å²) < 4.78 is 27.1. The topological polar surface area (TPSA) is 81.5 Å². The standard InChI is InChI=1S/C21H23N3O3S2/c1-15-2-7-19-17(12-15)13-20(28-19)21(25)23-8-10-24(11-9-23)29(26,27)18-5-3-16(14-22)4-6-18/h3-6,13,15H,2,7-12H2,1H3. The summed E-state index contributed by atoms with van der Waals surface area (Å²) in [7, 11) is -3.62. The Hall–Kier alpha value is -2.21. The number of aryl methyl sites for hydroxylation is 1. The van der Waals surface area contributed by atoms with Gasteiger partial charge < -0.3 is 4.90 Å². The van der Waals surface area contributed by atoms with Crippen molar-refractivity contribution in [3.63, 3.8) is 0 Å². The van der Waals surface area contributed by atoms with Crippen LogP contribution in [0.5, 0.6) is 0 Å². The van der Waals surface area contributed by atoms with Crippen LogP contribution in [0, 0.1) is 17.2 Å². The summed E-state index contributed by atoms with van der Waals surface area (Å²) in [5.74, 6) is 0.670. The van der Waals surface area contributed by atoms with Crippen molar-refractivity contribution in [1.82, 2.24) is 9.21 Å². The number of sulfonamides is 1. The Balaban J connectivity index is 1.42. The van der Waals surface area contributed by atoms with Crippen LogP contribution in [-0.2, 0) is 22.9 Å². The number of piperazine rings is 1. The lowest BCUT2D eigenvalue weighted by atomic mass is 9.90. The largest absolute Gasteiger partial charge is 0.335 e. The van der Waals surface area contributed by atoms with Crippen molar-refractivity contribution >= 4 is 27.3 Å². The molecule has 0 radical (unpaired) electrons. The minimum atomic E-state index is -3.62. The number of hydrogen-bond acceptors (Lipinski definition) is 5. The Morgan fingerprint density at radius 1 is 1.17 bits per heavy atom. The van der Waals surface area contributed by atoms with Crippen molar-refractivity contribution in [2.75, 3.05) is 26.2 Å². The third-order valence-corrected chi connectivity index (χ3v) is 8.83. The smallest absolute Gasteiger partial charge is 0.264 e. The van der Waals surface area contributed by atoms with Gasteiger partial charge in [-0.1, -0.05) is 6.92 Å². The first-order valence-electron chi connectivity index (χ1n) is 9.79. The molecule has 0 N–H and O–H groups in total. The third kappa shape index (κ3) is 3.95. The highest BCUT2D eigenvalue weighted by molar-refractivity contribution is 7.89. The monoisotopic (exact) mass is 429 g/mol. The van der Waals surface area contributed by atoms with Gasteiger partial charge >= 0.3 is 0 Å². The predicted octanol–water partition coefficient (Wildman–Crippen LogP) is 2.89. The number of thiophene rings is 1. The van der Waals surface area contributed by atoms with Gasteiger partial charge in [-0.2, -0.15) is 9.57 Å². The van der Waals surface area contributed by atoms with Gasteiger partial charge in [-0.15, -0.1) is 11.3 Å². The van der Waals surface area contributed by atoms with Crippen molar-refractivity contribution < 1.29 is 13.2 Å². The van der Waals surface area contributed by atoms with Crippen molar-refractivity contribution in [3.8, 4) is 6.07 Å². The lowest BCUT2D eigenvalue weighted by Crippen LogP contribution is -2.50. The Morgan fingerprint density at radius 3 is 2.52 bits per heavy atom. The van der Waals surface area contributed by atoms with Crippen LogP contribution < -0.4 is 0 Å². The molecular formula is C21H23N3O3S2. The van der Waals surface area contributed by atoms with Gasteiger partial charge in [-0.3, -0.25) is 4.79 Å². The fraction of sp³-hybridized carbons (Fsp3) is 0.429.